The number of carbonyl (C=O) groups excluding carboxylic acids is 1. The molecule has 3 N–H and O–H groups in total. The lowest BCUT2D eigenvalue weighted by Gasteiger charge is -2.43. The number of hydrogen-bond acceptors (Lipinski definition) is 4. The summed E-state index contributed by atoms with van der Waals surface area (Å²) >= 11 is 0. The zero-order valence-electron chi connectivity index (χ0n) is 16.4. The summed E-state index contributed by atoms with van der Waals surface area (Å²) in [6.45, 7) is 1.23. The van der Waals surface area contributed by atoms with E-state index in [1.54, 1.807) is 12.5 Å². The Morgan fingerprint density at radius 1 is 1.21 bits per heavy atom. The molecule has 1 amide bonds. The van der Waals surface area contributed by atoms with Crippen LogP contribution in [0.5, 0.6) is 5.75 Å². The normalized spacial score (nSPS) is 25.3. The number of halogens is 2. The number of aromatic nitrogens is 2. The van der Waals surface area contributed by atoms with Crippen LogP contribution in [0.3, 0.4) is 0 Å². The van der Waals surface area contributed by atoms with Crippen molar-refractivity contribution in [1.29, 1.82) is 0 Å². The van der Waals surface area contributed by atoms with Crippen molar-refractivity contribution in [3.63, 3.8) is 0 Å². The number of anilines is 1. The van der Waals surface area contributed by atoms with E-state index < -0.39 is 0 Å². The highest BCUT2D eigenvalue weighted by molar-refractivity contribution is 5.94. The van der Waals surface area contributed by atoms with Crippen LogP contribution in [0.15, 0.2) is 43.0 Å². The molecule has 0 radical (unpaired) electrons. The Kier molecular flexibility index (Phi) is 8.80. The molecule has 0 aliphatic heterocycles. The second kappa shape index (κ2) is 10.9. The smallest absolute Gasteiger partial charge is 0.227 e. The first kappa shape index (κ1) is 23.5. The first-order chi connectivity index (χ1) is 13.2. The van der Waals surface area contributed by atoms with E-state index in [1.165, 1.54) is 6.42 Å². The number of nitrogens with one attached hydrogen (secondary N) is 1. The molecule has 29 heavy (non-hydrogen) atoms. The summed E-state index contributed by atoms with van der Waals surface area (Å²) in [6.07, 6.45) is 10.8. The van der Waals surface area contributed by atoms with Gasteiger partial charge in [-0.3, -0.25) is 4.79 Å². The summed E-state index contributed by atoms with van der Waals surface area (Å²) in [4.78, 5) is 16.9. The van der Waals surface area contributed by atoms with E-state index in [1.807, 2.05) is 35.0 Å². The predicted molar refractivity (Wildman–Crippen MR) is 119 cm³/mol. The Balaban J connectivity index is 0.00000150. The topological polar surface area (TPSA) is 82.2 Å². The average molecular weight is 441 g/mol. The number of imidazole rings is 1. The summed E-state index contributed by atoms with van der Waals surface area (Å²) in [5, 5.41) is 3.10. The number of para-hydroxylation sites is 2. The maximum Gasteiger partial charge on any atom is 0.227 e. The lowest BCUT2D eigenvalue weighted by Crippen LogP contribution is -2.48. The average Bonchev–Trinajstić information content (AvgIpc) is 3.16. The largest absolute Gasteiger partial charge is 0.490 e. The Morgan fingerprint density at radius 3 is 2.62 bits per heavy atom. The molecule has 160 valence electrons. The number of benzene rings is 1. The molecule has 2 aromatic rings. The van der Waals surface area contributed by atoms with Crippen molar-refractivity contribution in [2.24, 2.45) is 23.5 Å². The van der Waals surface area contributed by atoms with Gasteiger partial charge in [0.2, 0.25) is 5.91 Å². The number of nitrogens with two attached hydrogens (primary N) is 1. The third-order valence-electron chi connectivity index (χ3n) is 6.09. The fourth-order valence-corrected chi connectivity index (χ4v) is 4.61. The third kappa shape index (κ3) is 5.65. The number of amides is 1. The molecule has 0 saturated heterocycles. The first-order valence-corrected chi connectivity index (χ1v) is 9.94. The monoisotopic (exact) mass is 440 g/mol. The van der Waals surface area contributed by atoms with Crippen LogP contribution >= 0.6 is 24.8 Å². The van der Waals surface area contributed by atoms with Crippen molar-refractivity contribution in [3.05, 3.63) is 43.0 Å². The number of carbonyl (C=O) groups is 1. The molecule has 6 nitrogen and oxygen atoms in total. The minimum Gasteiger partial charge on any atom is -0.490 e. The van der Waals surface area contributed by atoms with Gasteiger partial charge in [-0.2, -0.15) is 0 Å². The van der Waals surface area contributed by atoms with Crippen LogP contribution in [0.2, 0.25) is 0 Å². The van der Waals surface area contributed by atoms with E-state index in [9.17, 15) is 4.79 Å². The molecule has 2 atom stereocenters. The molecular formula is C21H30Cl2N4O2. The van der Waals surface area contributed by atoms with Gasteiger partial charge >= 0.3 is 0 Å². The molecule has 4 rings (SSSR count). The molecule has 2 saturated carbocycles. The zero-order chi connectivity index (χ0) is 18.6. The van der Waals surface area contributed by atoms with Crippen LogP contribution in [0.1, 0.15) is 32.1 Å². The quantitative estimate of drug-likeness (QED) is 0.713. The Labute approximate surface area is 184 Å². The van der Waals surface area contributed by atoms with Gasteiger partial charge in [-0.25, -0.2) is 4.98 Å². The van der Waals surface area contributed by atoms with Gasteiger partial charge in [0.25, 0.3) is 0 Å². The molecule has 8 heteroatoms. The summed E-state index contributed by atoms with van der Waals surface area (Å²) in [5.74, 6) is 1.85. The third-order valence-corrected chi connectivity index (χ3v) is 6.09. The zero-order valence-corrected chi connectivity index (χ0v) is 18.0. The van der Waals surface area contributed by atoms with Crippen molar-refractivity contribution in [1.82, 2.24) is 9.55 Å². The summed E-state index contributed by atoms with van der Waals surface area (Å²) < 4.78 is 7.87. The fraction of sp³-hybridized carbons (Fsp3) is 0.524. The molecule has 2 fully saturated rings. The number of hydrogen-bond donors (Lipinski definition) is 2. The van der Waals surface area contributed by atoms with Crippen LogP contribution < -0.4 is 15.8 Å². The van der Waals surface area contributed by atoms with Gasteiger partial charge in [-0.1, -0.05) is 18.6 Å². The highest BCUT2D eigenvalue weighted by Gasteiger charge is 2.40. The van der Waals surface area contributed by atoms with Crippen molar-refractivity contribution in [2.45, 2.75) is 44.7 Å². The minimum atomic E-state index is 0. The van der Waals surface area contributed by atoms with E-state index in [2.05, 4.69) is 10.3 Å². The lowest BCUT2D eigenvalue weighted by atomic mass is 9.65. The van der Waals surface area contributed by atoms with Gasteiger partial charge in [0.1, 0.15) is 12.4 Å². The summed E-state index contributed by atoms with van der Waals surface area (Å²) in [5.41, 5.74) is 7.10. The number of ether oxygens (including phenoxy) is 1. The van der Waals surface area contributed by atoms with Crippen LogP contribution in [0.25, 0.3) is 0 Å². The Bertz CT molecular complexity index is 758. The van der Waals surface area contributed by atoms with Gasteiger partial charge in [-0.15, -0.1) is 24.8 Å². The minimum absolute atomic E-state index is 0. The molecule has 1 aromatic carbocycles. The van der Waals surface area contributed by atoms with E-state index in [0.29, 0.717) is 30.7 Å². The van der Waals surface area contributed by atoms with Gasteiger partial charge in [0.15, 0.2) is 0 Å². The van der Waals surface area contributed by atoms with E-state index in [4.69, 9.17) is 10.5 Å². The van der Waals surface area contributed by atoms with Crippen molar-refractivity contribution < 1.29 is 9.53 Å². The van der Waals surface area contributed by atoms with Crippen LogP contribution in [-0.2, 0) is 11.3 Å². The standard InChI is InChI=1S/C21H28N4O2.2ClH/c22-20-15-4-3-5-16(20)13-17(12-15)21(26)24-18-6-1-2-7-19(18)27-11-10-25-9-8-23-14-25;;/h1-2,6-9,14-17,20H,3-5,10-13,22H2,(H,24,26);2*1H. The van der Waals surface area contributed by atoms with E-state index in [0.717, 1.165) is 31.4 Å². The van der Waals surface area contributed by atoms with Crippen LogP contribution in [0.4, 0.5) is 5.69 Å². The summed E-state index contributed by atoms with van der Waals surface area (Å²) in [6, 6.07) is 7.92. The number of rotatable bonds is 6. The Hall–Kier alpha value is -1.76. The lowest BCUT2D eigenvalue weighted by molar-refractivity contribution is -0.122. The molecule has 2 aliphatic carbocycles. The second-order valence-corrected chi connectivity index (χ2v) is 7.83. The van der Waals surface area contributed by atoms with Gasteiger partial charge < -0.3 is 20.4 Å². The SMILES string of the molecule is Cl.Cl.NC1C2CCCC1CC(C(=O)Nc1ccccc1OCCn1ccnc1)C2. The van der Waals surface area contributed by atoms with Gasteiger partial charge in [-0.05, 0) is 49.7 Å². The van der Waals surface area contributed by atoms with Gasteiger partial charge in [0, 0.05) is 24.4 Å². The van der Waals surface area contributed by atoms with Gasteiger partial charge in [0.05, 0.1) is 18.6 Å². The Morgan fingerprint density at radius 2 is 1.93 bits per heavy atom. The molecular weight excluding hydrogens is 411 g/mol. The number of fused-ring (bicyclic) bond motifs is 2. The molecule has 1 heterocycles. The molecule has 0 spiro atoms. The van der Waals surface area contributed by atoms with E-state index >= 15 is 0 Å². The van der Waals surface area contributed by atoms with Crippen molar-refractivity contribution in [2.75, 3.05) is 11.9 Å². The number of nitrogens with zero attached hydrogens (tertiary/aromatic N) is 2. The molecule has 2 unspecified atom stereocenters. The maximum atomic E-state index is 12.9. The highest BCUT2D eigenvalue weighted by Crippen LogP contribution is 2.42. The maximum absolute atomic E-state index is 12.9. The van der Waals surface area contributed by atoms with Crippen molar-refractivity contribution in [3.8, 4) is 5.75 Å². The summed E-state index contributed by atoms with van der Waals surface area (Å²) in [7, 11) is 0. The molecule has 2 bridgehead atoms. The fourth-order valence-electron chi connectivity index (χ4n) is 4.61. The highest BCUT2D eigenvalue weighted by atomic mass is 35.5. The molecule has 1 aromatic heterocycles. The van der Waals surface area contributed by atoms with Crippen molar-refractivity contribution >= 4 is 36.4 Å². The van der Waals surface area contributed by atoms with Crippen LogP contribution in [0, 0.1) is 17.8 Å². The predicted octanol–water partition coefficient (Wildman–Crippen LogP) is 3.90. The van der Waals surface area contributed by atoms with E-state index in [-0.39, 0.29) is 42.7 Å². The van der Waals surface area contributed by atoms with Crippen LogP contribution in [-0.4, -0.2) is 28.1 Å². The first-order valence-electron chi connectivity index (χ1n) is 9.94. The molecule has 2 aliphatic rings. The second-order valence-electron chi connectivity index (χ2n) is 7.83.